The summed E-state index contributed by atoms with van der Waals surface area (Å²) < 4.78 is 0. The van der Waals surface area contributed by atoms with E-state index in [-0.39, 0.29) is 0 Å². The minimum atomic E-state index is 0.532. The third-order valence-corrected chi connectivity index (χ3v) is 5.84. The minimum absolute atomic E-state index is 0.532. The summed E-state index contributed by atoms with van der Waals surface area (Å²) in [6.45, 7) is 10.4. The van der Waals surface area contributed by atoms with Crippen molar-refractivity contribution in [1.82, 2.24) is 0 Å². The zero-order valence-electron chi connectivity index (χ0n) is 17.0. The van der Waals surface area contributed by atoms with Crippen LogP contribution in [0.3, 0.4) is 0 Å². The van der Waals surface area contributed by atoms with E-state index in [9.17, 15) is 0 Å². The van der Waals surface area contributed by atoms with Gasteiger partial charge in [0.05, 0.1) is 0 Å². The molecule has 0 heterocycles. The molecule has 2 N–H and O–H groups in total. The number of unbranched alkanes of at least 4 members (excludes halogenated alkanes) is 13. The van der Waals surface area contributed by atoms with Crippen LogP contribution < -0.4 is 5.73 Å². The van der Waals surface area contributed by atoms with Gasteiger partial charge in [0.1, 0.15) is 0 Å². The fourth-order valence-corrected chi connectivity index (χ4v) is 3.13. The molecule has 0 spiro atoms. The molecule has 0 aliphatic heterocycles. The molecule has 1 heteroatoms. The molecule has 0 aliphatic rings. The summed E-state index contributed by atoms with van der Waals surface area (Å²) >= 11 is 0. The van der Waals surface area contributed by atoms with E-state index >= 15 is 0 Å². The first-order chi connectivity index (χ1) is 11.0. The van der Waals surface area contributed by atoms with Crippen LogP contribution in [0.2, 0.25) is 0 Å². The topological polar surface area (TPSA) is 26.0 Å². The van der Waals surface area contributed by atoms with Gasteiger partial charge in [-0.2, -0.15) is 0 Å². The smallest absolute Gasteiger partial charge is 0.00773 e. The van der Waals surface area contributed by atoms with Crippen molar-refractivity contribution < 1.29 is 0 Å². The normalized spacial score (nSPS) is 12.3. The van der Waals surface area contributed by atoms with E-state index in [0.717, 1.165) is 12.5 Å². The summed E-state index contributed by atoms with van der Waals surface area (Å²) in [5, 5.41) is 0. The molecule has 23 heavy (non-hydrogen) atoms. The second-order valence-electron chi connectivity index (χ2n) is 8.63. The molecule has 0 atom stereocenters. The molecule has 0 rings (SSSR count). The third kappa shape index (κ3) is 15.2. The van der Waals surface area contributed by atoms with Gasteiger partial charge in [-0.15, -0.1) is 0 Å². The van der Waals surface area contributed by atoms with Crippen molar-refractivity contribution >= 4 is 0 Å². The molecule has 0 aromatic carbocycles. The van der Waals surface area contributed by atoms with E-state index in [2.05, 4.69) is 27.7 Å². The lowest BCUT2D eigenvalue weighted by Crippen LogP contribution is -2.18. The van der Waals surface area contributed by atoms with Gasteiger partial charge in [0.15, 0.2) is 0 Å². The van der Waals surface area contributed by atoms with Gasteiger partial charge in [-0.1, -0.05) is 111 Å². The summed E-state index contributed by atoms with van der Waals surface area (Å²) in [4.78, 5) is 0. The highest BCUT2D eigenvalue weighted by atomic mass is 14.5. The summed E-state index contributed by atoms with van der Waals surface area (Å²) in [7, 11) is 0. The summed E-state index contributed by atoms with van der Waals surface area (Å²) in [5.74, 6) is 0.808. The van der Waals surface area contributed by atoms with E-state index in [1.165, 1.54) is 96.3 Å². The molecule has 0 radical (unpaired) electrons. The maximum Gasteiger partial charge on any atom is -0.00773 e. The van der Waals surface area contributed by atoms with E-state index < -0.39 is 0 Å². The van der Waals surface area contributed by atoms with Gasteiger partial charge in [-0.3, -0.25) is 0 Å². The standard InChI is InChI=1S/C22H47N/c1-21(2)22(3,4)19-17-15-13-11-9-7-5-6-8-10-12-14-16-18-20-23/h21H,5-20,23H2,1-4H3. The van der Waals surface area contributed by atoms with Gasteiger partial charge in [0, 0.05) is 0 Å². The predicted octanol–water partition coefficient (Wildman–Crippen LogP) is 7.48. The zero-order chi connectivity index (χ0) is 17.4. The van der Waals surface area contributed by atoms with Gasteiger partial charge in [-0.25, -0.2) is 0 Å². The average Bonchev–Trinajstić information content (AvgIpc) is 2.51. The van der Waals surface area contributed by atoms with Crippen LogP contribution in [0.25, 0.3) is 0 Å². The van der Waals surface area contributed by atoms with Crippen molar-refractivity contribution in [2.45, 2.75) is 124 Å². The number of nitrogens with two attached hydrogens (primary N) is 1. The first kappa shape index (κ1) is 23.0. The molecule has 1 nitrogen and oxygen atoms in total. The Labute approximate surface area is 148 Å². The van der Waals surface area contributed by atoms with Crippen molar-refractivity contribution in [2.24, 2.45) is 17.1 Å². The predicted molar refractivity (Wildman–Crippen MR) is 107 cm³/mol. The van der Waals surface area contributed by atoms with Gasteiger partial charge in [0.25, 0.3) is 0 Å². The van der Waals surface area contributed by atoms with Crippen molar-refractivity contribution in [1.29, 1.82) is 0 Å². The quantitative estimate of drug-likeness (QED) is 0.276. The summed E-state index contributed by atoms with van der Waals surface area (Å²) in [6, 6.07) is 0. The van der Waals surface area contributed by atoms with Crippen LogP contribution in [0.15, 0.2) is 0 Å². The summed E-state index contributed by atoms with van der Waals surface area (Å²) in [5.41, 5.74) is 6.04. The van der Waals surface area contributed by atoms with E-state index in [0.29, 0.717) is 5.41 Å². The molecule has 0 aromatic rings. The first-order valence-corrected chi connectivity index (χ1v) is 10.7. The van der Waals surface area contributed by atoms with Crippen LogP contribution in [0.5, 0.6) is 0 Å². The molecule has 0 unspecified atom stereocenters. The number of hydrogen-bond acceptors (Lipinski definition) is 1. The fourth-order valence-electron chi connectivity index (χ4n) is 3.13. The molecular weight excluding hydrogens is 278 g/mol. The van der Waals surface area contributed by atoms with Gasteiger partial charge < -0.3 is 5.73 Å². The highest BCUT2D eigenvalue weighted by molar-refractivity contribution is 4.71. The van der Waals surface area contributed by atoms with Crippen molar-refractivity contribution in [3.8, 4) is 0 Å². The van der Waals surface area contributed by atoms with Crippen molar-refractivity contribution in [3.63, 3.8) is 0 Å². The van der Waals surface area contributed by atoms with Crippen LogP contribution in [-0.4, -0.2) is 6.54 Å². The fraction of sp³-hybridized carbons (Fsp3) is 1.00. The van der Waals surface area contributed by atoms with Gasteiger partial charge >= 0.3 is 0 Å². The first-order valence-electron chi connectivity index (χ1n) is 10.7. The average molecular weight is 326 g/mol. The third-order valence-electron chi connectivity index (χ3n) is 5.84. The Morgan fingerprint density at radius 2 is 0.870 bits per heavy atom. The van der Waals surface area contributed by atoms with Crippen LogP contribution in [0.4, 0.5) is 0 Å². The lowest BCUT2D eigenvalue weighted by Gasteiger charge is -2.29. The zero-order valence-corrected chi connectivity index (χ0v) is 17.0. The van der Waals surface area contributed by atoms with Crippen molar-refractivity contribution in [3.05, 3.63) is 0 Å². The summed E-state index contributed by atoms with van der Waals surface area (Å²) in [6.07, 6.45) is 21.3. The van der Waals surface area contributed by atoms with E-state index in [1.54, 1.807) is 0 Å². The van der Waals surface area contributed by atoms with Crippen molar-refractivity contribution in [2.75, 3.05) is 6.54 Å². The molecule has 0 saturated carbocycles. The van der Waals surface area contributed by atoms with E-state index in [1.807, 2.05) is 0 Å². The number of rotatable bonds is 17. The van der Waals surface area contributed by atoms with Crippen LogP contribution in [0.1, 0.15) is 124 Å². The Morgan fingerprint density at radius 3 is 1.17 bits per heavy atom. The Kier molecular flexibility index (Phi) is 15.5. The highest BCUT2D eigenvalue weighted by Gasteiger charge is 2.20. The SMILES string of the molecule is CC(C)C(C)(C)CCCCCCCCCCCCCCCCN. The Balaban J connectivity index is 3.14. The van der Waals surface area contributed by atoms with Gasteiger partial charge in [-0.05, 0) is 30.7 Å². The van der Waals surface area contributed by atoms with Crippen LogP contribution >= 0.6 is 0 Å². The lowest BCUT2D eigenvalue weighted by molar-refractivity contribution is 0.221. The molecule has 0 fully saturated rings. The maximum absolute atomic E-state index is 5.51. The number of hydrogen-bond donors (Lipinski definition) is 1. The minimum Gasteiger partial charge on any atom is -0.330 e. The van der Waals surface area contributed by atoms with E-state index in [4.69, 9.17) is 5.73 Å². The highest BCUT2D eigenvalue weighted by Crippen LogP contribution is 2.32. The second-order valence-corrected chi connectivity index (χ2v) is 8.63. The maximum atomic E-state index is 5.51. The monoisotopic (exact) mass is 325 g/mol. The van der Waals surface area contributed by atoms with Crippen LogP contribution in [0, 0.1) is 11.3 Å². The Hall–Kier alpha value is -0.0400. The Bertz CT molecular complexity index is 232. The molecular formula is C22H47N. The largest absolute Gasteiger partial charge is 0.330 e. The molecule has 0 aliphatic carbocycles. The Morgan fingerprint density at radius 1 is 0.565 bits per heavy atom. The molecule has 0 amide bonds. The van der Waals surface area contributed by atoms with Crippen LogP contribution in [-0.2, 0) is 0 Å². The van der Waals surface area contributed by atoms with Gasteiger partial charge in [0.2, 0.25) is 0 Å². The molecule has 0 aromatic heterocycles. The molecule has 0 bridgehead atoms. The lowest BCUT2D eigenvalue weighted by atomic mass is 9.77. The second kappa shape index (κ2) is 15.5. The molecule has 0 saturated heterocycles. The molecule has 140 valence electrons.